The van der Waals surface area contributed by atoms with Gasteiger partial charge in [-0.15, -0.1) is 0 Å². The Morgan fingerprint density at radius 2 is 1.82 bits per heavy atom. The first kappa shape index (κ1) is 12.5. The number of hydrogen-bond donors (Lipinski definition) is 0. The molecule has 1 heterocycles. The van der Waals surface area contributed by atoms with Gasteiger partial charge in [-0.25, -0.2) is 0 Å². The Kier molecular flexibility index (Phi) is 4.07. The number of pyridine rings is 1. The first-order valence-corrected chi connectivity index (χ1v) is 6.63. The number of carbonyl (C=O) groups excluding carboxylic acids is 1. The van der Waals surface area contributed by atoms with Gasteiger partial charge in [0, 0.05) is 21.6 Å². The van der Waals surface area contributed by atoms with Crippen LogP contribution in [0.4, 0.5) is 0 Å². The Morgan fingerprint density at radius 3 is 2.47 bits per heavy atom. The van der Waals surface area contributed by atoms with Gasteiger partial charge in [0.15, 0.2) is 5.78 Å². The lowest BCUT2D eigenvalue weighted by Crippen LogP contribution is -2.06. The number of Topliss-reactive ketones (excluding diaryl/α,β-unsaturated/α-hetero) is 1. The number of ketones is 1. The highest BCUT2D eigenvalue weighted by Gasteiger charge is 2.11. The summed E-state index contributed by atoms with van der Waals surface area (Å²) in [5.41, 5.74) is 1.46. The van der Waals surface area contributed by atoms with Crippen LogP contribution in [0.5, 0.6) is 0 Å². The van der Waals surface area contributed by atoms with E-state index in [1.165, 1.54) is 0 Å². The molecule has 4 heteroatoms. The molecule has 17 heavy (non-hydrogen) atoms. The summed E-state index contributed by atoms with van der Waals surface area (Å²) in [7, 11) is 0. The molecule has 0 aliphatic rings. The second kappa shape index (κ2) is 5.56. The van der Waals surface area contributed by atoms with Crippen LogP contribution in [0.3, 0.4) is 0 Å². The number of carbonyl (C=O) groups is 1. The van der Waals surface area contributed by atoms with Crippen LogP contribution in [0, 0.1) is 0 Å². The molecule has 1 aromatic heterocycles. The van der Waals surface area contributed by atoms with Crippen molar-refractivity contribution in [1.82, 2.24) is 4.98 Å². The summed E-state index contributed by atoms with van der Waals surface area (Å²) in [6.07, 6.45) is 1.99. The fourth-order valence-corrected chi connectivity index (χ4v) is 2.20. The summed E-state index contributed by atoms with van der Waals surface area (Å²) in [6.45, 7) is 0. The van der Waals surface area contributed by atoms with Crippen molar-refractivity contribution >= 4 is 37.6 Å². The molecular weight excluding hydrogens is 346 g/mol. The maximum absolute atomic E-state index is 12.0. The predicted octanol–water partition coefficient (Wildman–Crippen LogP) is 4.03. The number of halogens is 2. The van der Waals surface area contributed by atoms with Crippen molar-refractivity contribution in [2.45, 2.75) is 6.42 Å². The average molecular weight is 355 g/mol. The molecule has 0 aliphatic carbocycles. The summed E-state index contributed by atoms with van der Waals surface area (Å²) in [5, 5.41) is 0. The van der Waals surface area contributed by atoms with Crippen molar-refractivity contribution in [2.75, 3.05) is 0 Å². The lowest BCUT2D eigenvalue weighted by atomic mass is 10.1. The van der Waals surface area contributed by atoms with Crippen LogP contribution in [0.1, 0.15) is 16.1 Å². The van der Waals surface area contributed by atoms with Crippen molar-refractivity contribution < 1.29 is 4.79 Å². The minimum atomic E-state index is 0.0137. The topological polar surface area (TPSA) is 30.0 Å². The van der Waals surface area contributed by atoms with Crippen LogP contribution < -0.4 is 0 Å². The van der Waals surface area contributed by atoms with Gasteiger partial charge in [0.25, 0.3) is 0 Å². The van der Waals surface area contributed by atoms with Crippen LogP contribution in [-0.2, 0) is 6.42 Å². The summed E-state index contributed by atoms with van der Waals surface area (Å²) in [6, 6.07) is 11.3. The van der Waals surface area contributed by atoms with E-state index in [0.29, 0.717) is 12.1 Å². The smallest absolute Gasteiger partial charge is 0.186 e. The van der Waals surface area contributed by atoms with Crippen LogP contribution in [0.25, 0.3) is 0 Å². The van der Waals surface area contributed by atoms with Gasteiger partial charge in [0.2, 0.25) is 0 Å². The molecule has 0 N–H and O–H groups in total. The van der Waals surface area contributed by atoms with Gasteiger partial charge in [0.1, 0.15) is 5.69 Å². The van der Waals surface area contributed by atoms with Crippen molar-refractivity contribution in [3.63, 3.8) is 0 Å². The lowest BCUT2D eigenvalue weighted by molar-refractivity contribution is 0.0987. The van der Waals surface area contributed by atoms with E-state index in [-0.39, 0.29) is 5.78 Å². The molecule has 2 nitrogen and oxygen atoms in total. The maximum Gasteiger partial charge on any atom is 0.186 e. The van der Waals surface area contributed by atoms with Crippen LogP contribution in [0.2, 0.25) is 0 Å². The fourth-order valence-electron chi connectivity index (χ4n) is 1.46. The van der Waals surface area contributed by atoms with Gasteiger partial charge in [-0.3, -0.25) is 9.78 Å². The van der Waals surface area contributed by atoms with Crippen molar-refractivity contribution in [1.29, 1.82) is 0 Å². The lowest BCUT2D eigenvalue weighted by Gasteiger charge is -2.03. The molecule has 2 rings (SSSR count). The van der Waals surface area contributed by atoms with Crippen LogP contribution >= 0.6 is 31.9 Å². The monoisotopic (exact) mass is 353 g/mol. The van der Waals surface area contributed by atoms with E-state index in [0.717, 1.165) is 14.5 Å². The third-order valence-electron chi connectivity index (χ3n) is 2.30. The molecule has 0 amide bonds. The van der Waals surface area contributed by atoms with Crippen molar-refractivity contribution in [3.05, 3.63) is 62.8 Å². The van der Waals surface area contributed by atoms with E-state index in [1.54, 1.807) is 12.3 Å². The molecule has 0 saturated carbocycles. The summed E-state index contributed by atoms with van der Waals surface area (Å²) in [5.74, 6) is 0.0137. The largest absolute Gasteiger partial charge is 0.292 e. The molecule has 0 aliphatic heterocycles. The molecule has 86 valence electrons. The minimum absolute atomic E-state index is 0.0137. The number of nitrogens with zero attached hydrogens (tertiary/aromatic N) is 1. The van der Waals surface area contributed by atoms with E-state index in [9.17, 15) is 4.79 Å². The Balaban J connectivity index is 2.17. The van der Waals surface area contributed by atoms with Gasteiger partial charge >= 0.3 is 0 Å². The first-order chi connectivity index (χ1) is 8.16. The molecule has 0 atom stereocenters. The van der Waals surface area contributed by atoms with E-state index in [2.05, 4.69) is 36.8 Å². The molecule has 0 saturated heterocycles. The number of rotatable bonds is 3. The average Bonchev–Trinajstić information content (AvgIpc) is 2.32. The molecular formula is C13H9Br2NO. The third-order valence-corrected chi connectivity index (χ3v) is 3.47. The van der Waals surface area contributed by atoms with Gasteiger partial charge in [-0.1, -0.05) is 28.1 Å². The Morgan fingerprint density at radius 1 is 1.12 bits per heavy atom. The van der Waals surface area contributed by atoms with Gasteiger partial charge < -0.3 is 0 Å². The predicted molar refractivity (Wildman–Crippen MR) is 74.1 cm³/mol. The van der Waals surface area contributed by atoms with Gasteiger partial charge in [-0.05, 0) is 45.8 Å². The molecule has 0 fully saturated rings. The Labute approximate surface area is 116 Å². The normalized spacial score (nSPS) is 10.2. The zero-order valence-corrected chi connectivity index (χ0v) is 12.0. The van der Waals surface area contributed by atoms with Crippen LogP contribution in [0.15, 0.2) is 51.5 Å². The summed E-state index contributed by atoms with van der Waals surface area (Å²) < 4.78 is 1.75. The van der Waals surface area contributed by atoms with E-state index in [1.807, 2.05) is 30.3 Å². The highest BCUT2D eigenvalue weighted by molar-refractivity contribution is 9.10. The quantitative estimate of drug-likeness (QED) is 0.779. The Bertz CT molecular complexity index is 537. The van der Waals surface area contributed by atoms with Crippen molar-refractivity contribution in [3.8, 4) is 0 Å². The molecule has 1 aromatic carbocycles. The van der Waals surface area contributed by atoms with E-state index >= 15 is 0 Å². The second-order valence-electron chi connectivity index (χ2n) is 3.56. The minimum Gasteiger partial charge on any atom is -0.292 e. The number of hydrogen-bond acceptors (Lipinski definition) is 2. The maximum atomic E-state index is 12.0. The first-order valence-electron chi connectivity index (χ1n) is 5.05. The molecule has 0 unspecified atom stereocenters. The third kappa shape index (κ3) is 3.23. The van der Waals surface area contributed by atoms with Crippen LogP contribution in [-0.4, -0.2) is 10.8 Å². The zero-order valence-electron chi connectivity index (χ0n) is 8.86. The van der Waals surface area contributed by atoms with Gasteiger partial charge in [0.05, 0.1) is 0 Å². The number of aromatic nitrogens is 1. The zero-order chi connectivity index (χ0) is 12.3. The highest BCUT2D eigenvalue weighted by Crippen LogP contribution is 2.17. The van der Waals surface area contributed by atoms with E-state index in [4.69, 9.17) is 0 Å². The highest BCUT2D eigenvalue weighted by atomic mass is 79.9. The molecule has 0 radical (unpaired) electrons. The fraction of sp³-hybridized carbons (Fsp3) is 0.0769. The molecule has 0 bridgehead atoms. The standard InChI is InChI=1S/C13H9Br2NO/c14-10-5-3-9(4-6-10)8-12(17)13-11(15)2-1-7-16-13/h1-7H,8H2. The molecule has 0 spiro atoms. The van der Waals surface area contributed by atoms with E-state index < -0.39 is 0 Å². The Hall–Kier alpha value is -1.00. The summed E-state index contributed by atoms with van der Waals surface area (Å²) in [4.78, 5) is 16.1. The SMILES string of the molecule is O=C(Cc1ccc(Br)cc1)c1ncccc1Br. The van der Waals surface area contributed by atoms with Gasteiger partial charge in [-0.2, -0.15) is 0 Å². The summed E-state index contributed by atoms with van der Waals surface area (Å²) >= 11 is 6.69. The molecule has 2 aromatic rings. The second-order valence-corrected chi connectivity index (χ2v) is 5.33. The number of benzene rings is 1. The van der Waals surface area contributed by atoms with Crippen molar-refractivity contribution in [2.24, 2.45) is 0 Å².